The lowest BCUT2D eigenvalue weighted by Gasteiger charge is -2.33. The van der Waals surface area contributed by atoms with E-state index >= 15 is 0 Å². The molecule has 4 N–H and O–H groups in total. The van der Waals surface area contributed by atoms with Gasteiger partial charge < -0.3 is 30.7 Å². The molecule has 2 aromatic rings. The quantitative estimate of drug-likeness (QED) is 0.349. The van der Waals surface area contributed by atoms with Gasteiger partial charge in [0, 0.05) is 50.5 Å². The summed E-state index contributed by atoms with van der Waals surface area (Å²) in [6.07, 6.45) is 3.97. The van der Waals surface area contributed by atoms with Gasteiger partial charge >= 0.3 is 5.69 Å². The summed E-state index contributed by atoms with van der Waals surface area (Å²) in [5.74, 6) is 0.713. The van der Waals surface area contributed by atoms with E-state index in [1.54, 1.807) is 23.6 Å². The van der Waals surface area contributed by atoms with Crippen LogP contribution in [0.3, 0.4) is 0 Å². The topological polar surface area (TPSA) is 153 Å². The summed E-state index contributed by atoms with van der Waals surface area (Å²) < 4.78 is 12.9. The van der Waals surface area contributed by atoms with Crippen molar-refractivity contribution in [1.29, 1.82) is 0 Å². The Morgan fingerprint density at radius 1 is 1.09 bits per heavy atom. The van der Waals surface area contributed by atoms with Crippen LogP contribution in [0.5, 0.6) is 11.5 Å². The molecule has 0 spiro atoms. The van der Waals surface area contributed by atoms with Crippen LogP contribution in [-0.2, 0) is 27.3 Å². The van der Waals surface area contributed by atoms with Crippen molar-refractivity contribution < 1.29 is 23.9 Å². The first-order valence-corrected chi connectivity index (χ1v) is 15.1. The van der Waals surface area contributed by atoms with Crippen molar-refractivity contribution >= 4 is 42.5 Å². The van der Waals surface area contributed by atoms with E-state index in [0.717, 1.165) is 24.1 Å². The first-order valence-electron chi connectivity index (χ1n) is 15.1. The van der Waals surface area contributed by atoms with Gasteiger partial charge in [-0.2, -0.15) is 4.98 Å². The normalized spacial score (nSPS) is 19.6. The molecule has 1 aromatic heterocycles. The number of methoxy groups -OCH3 is 1. The van der Waals surface area contributed by atoms with Crippen LogP contribution in [0, 0.1) is 25.2 Å². The molecule has 2 heterocycles. The summed E-state index contributed by atoms with van der Waals surface area (Å²) in [7, 11) is 1.53. The number of nitrogens with one attached hydrogen (secondary N) is 4. The fraction of sp³-hybridized carbons (Fsp3) is 0.581. The SMILES string of the molecule is COc1ccc2cc1OCC(=O)NCCNCCCC(=O)NCC(CC1CC1)(C(=O)NCCn1c(C)cc(C)nc1=O)C2.Cl.Cl. The molecule has 2 bridgehead atoms. The van der Waals surface area contributed by atoms with Crippen LogP contribution in [0.15, 0.2) is 29.1 Å². The van der Waals surface area contributed by atoms with Gasteiger partial charge in [-0.05, 0) is 69.3 Å². The lowest BCUT2D eigenvalue weighted by molar-refractivity contribution is -0.132. The predicted octanol–water partition coefficient (Wildman–Crippen LogP) is 1.85. The summed E-state index contributed by atoms with van der Waals surface area (Å²) in [6.45, 7) is 5.79. The van der Waals surface area contributed by atoms with Crippen LogP contribution in [0.1, 0.15) is 49.1 Å². The zero-order valence-electron chi connectivity index (χ0n) is 26.2. The number of aromatic nitrogens is 2. The molecule has 250 valence electrons. The van der Waals surface area contributed by atoms with Crippen LogP contribution in [0.25, 0.3) is 0 Å². The summed E-state index contributed by atoms with van der Waals surface area (Å²) in [6, 6.07) is 7.28. The second-order valence-electron chi connectivity index (χ2n) is 11.6. The van der Waals surface area contributed by atoms with Crippen molar-refractivity contribution in [1.82, 2.24) is 30.8 Å². The van der Waals surface area contributed by atoms with Crippen LogP contribution >= 0.6 is 24.8 Å². The van der Waals surface area contributed by atoms with Gasteiger partial charge in [0.05, 0.1) is 12.5 Å². The minimum Gasteiger partial charge on any atom is -0.493 e. The molecule has 2 aliphatic rings. The molecule has 1 aliphatic carbocycles. The molecule has 0 radical (unpaired) electrons. The average molecular weight is 670 g/mol. The molecular weight excluding hydrogens is 623 g/mol. The Hall–Kier alpha value is -3.35. The maximum Gasteiger partial charge on any atom is 0.348 e. The number of ether oxygens (including phenoxy) is 2. The number of benzene rings is 1. The van der Waals surface area contributed by atoms with Crippen molar-refractivity contribution in [2.24, 2.45) is 11.3 Å². The molecule has 4 rings (SSSR count). The van der Waals surface area contributed by atoms with Crippen molar-refractivity contribution in [3.05, 3.63) is 51.7 Å². The van der Waals surface area contributed by atoms with E-state index < -0.39 is 5.41 Å². The molecule has 45 heavy (non-hydrogen) atoms. The van der Waals surface area contributed by atoms with Crippen molar-refractivity contribution in [3.63, 3.8) is 0 Å². The lowest BCUT2D eigenvalue weighted by atomic mass is 9.75. The third-order valence-corrected chi connectivity index (χ3v) is 7.96. The molecule has 0 saturated heterocycles. The molecule has 3 amide bonds. The van der Waals surface area contributed by atoms with Crippen LogP contribution in [-0.4, -0.2) is 73.7 Å². The second kappa shape index (κ2) is 18.0. The molecule has 1 saturated carbocycles. The number of hydrogen-bond donors (Lipinski definition) is 4. The van der Waals surface area contributed by atoms with Gasteiger partial charge in [-0.25, -0.2) is 4.79 Å². The molecule has 14 heteroatoms. The Balaban J connectivity index is 0.00000353. The third kappa shape index (κ3) is 11.2. The standard InChI is InChI=1S/C31H44N6O6.2ClH/c1-21-15-22(2)37(30(41)36-21)14-13-34-29(40)31(17-23-6-7-23)18-24-8-9-25(42-3)26(16-24)43-19-28(39)33-12-11-32-10-4-5-27(38)35-20-31;;/h8-9,15-16,23,32H,4-7,10-14,17-20H2,1-3H3,(H,33,39)(H,34,40)(H,35,38);2*1H. The van der Waals surface area contributed by atoms with E-state index in [2.05, 4.69) is 26.3 Å². The molecule has 1 aromatic carbocycles. The van der Waals surface area contributed by atoms with Gasteiger partial charge in [0.25, 0.3) is 5.91 Å². The highest BCUT2D eigenvalue weighted by Crippen LogP contribution is 2.43. The monoisotopic (exact) mass is 668 g/mol. The fourth-order valence-electron chi connectivity index (χ4n) is 5.52. The van der Waals surface area contributed by atoms with E-state index in [1.165, 1.54) is 7.11 Å². The number of rotatable bonds is 7. The van der Waals surface area contributed by atoms with E-state index in [0.29, 0.717) is 68.4 Å². The highest BCUT2D eigenvalue weighted by molar-refractivity contribution is 5.86. The minimum atomic E-state index is -0.935. The summed E-state index contributed by atoms with van der Waals surface area (Å²) >= 11 is 0. The van der Waals surface area contributed by atoms with Crippen molar-refractivity contribution in [2.45, 2.75) is 58.9 Å². The van der Waals surface area contributed by atoms with E-state index in [9.17, 15) is 19.2 Å². The Morgan fingerprint density at radius 3 is 2.58 bits per heavy atom. The van der Waals surface area contributed by atoms with Gasteiger partial charge in [-0.3, -0.25) is 19.0 Å². The Bertz CT molecular complexity index is 1370. The van der Waals surface area contributed by atoms with E-state index in [1.807, 2.05) is 19.1 Å². The smallest absolute Gasteiger partial charge is 0.348 e. The number of carbonyl (C=O) groups excluding carboxylic acids is 3. The van der Waals surface area contributed by atoms with Crippen molar-refractivity contribution in [2.75, 3.05) is 46.4 Å². The highest BCUT2D eigenvalue weighted by atomic mass is 35.5. The Kier molecular flexibility index (Phi) is 15.1. The van der Waals surface area contributed by atoms with Gasteiger partial charge in [0.15, 0.2) is 18.1 Å². The minimum absolute atomic E-state index is 0. The Morgan fingerprint density at radius 2 is 1.87 bits per heavy atom. The first-order chi connectivity index (χ1) is 20.7. The summed E-state index contributed by atoms with van der Waals surface area (Å²) in [5, 5.41) is 12.2. The highest BCUT2D eigenvalue weighted by Gasteiger charge is 2.43. The summed E-state index contributed by atoms with van der Waals surface area (Å²) in [4.78, 5) is 55.8. The second-order valence-corrected chi connectivity index (χ2v) is 11.6. The summed E-state index contributed by atoms with van der Waals surface area (Å²) in [5.41, 5.74) is 0.961. The largest absolute Gasteiger partial charge is 0.493 e. The number of amides is 3. The number of carbonyl (C=O) groups is 3. The first kappa shape index (κ1) is 37.8. The maximum absolute atomic E-state index is 14.1. The number of hydrogen-bond acceptors (Lipinski definition) is 8. The van der Waals surface area contributed by atoms with Crippen LogP contribution in [0.2, 0.25) is 0 Å². The number of nitrogens with zero attached hydrogens (tertiary/aromatic N) is 2. The number of aryl methyl sites for hydroxylation is 2. The van der Waals surface area contributed by atoms with E-state index in [-0.39, 0.29) is 74.5 Å². The van der Waals surface area contributed by atoms with Gasteiger partial charge in [-0.1, -0.05) is 18.9 Å². The van der Waals surface area contributed by atoms with Crippen LogP contribution in [0.4, 0.5) is 0 Å². The number of fused-ring (bicyclic) bond motifs is 2. The molecular formula is C31H46Cl2N6O6. The Labute approximate surface area is 276 Å². The molecule has 1 atom stereocenters. The predicted molar refractivity (Wildman–Crippen MR) is 176 cm³/mol. The zero-order valence-corrected chi connectivity index (χ0v) is 27.9. The van der Waals surface area contributed by atoms with Crippen LogP contribution < -0.4 is 36.4 Å². The van der Waals surface area contributed by atoms with Crippen molar-refractivity contribution in [3.8, 4) is 11.5 Å². The van der Waals surface area contributed by atoms with E-state index in [4.69, 9.17) is 9.47 Å². The molecule has 1 unspecified atom stereocenters. The zero-order chi connectivity index (χ0) is 30.8. The number of halogens is 2. The van der Waals surface area contributed by atoms with Gasteiger partial charge in [0.2, 0.25) is 11.8 Å². The third-order valence-electron chi connectivity index (χ3n) is 7.96. The molecule has 1 aliphatic heterocycles. The molecule has 12 nitrogen and oxygen atoms in total. The fourth-order valence-corrected chi connectivity index (χ4v) is 5.52. The van der Waals surface area contributed by atoms with Gasteiger partial charge in [0.1, 0.15) is 0 Å². The average Bonchev–Trinajstić information content (AvgIpc) is 3.79. The maximum atomic E-state index is 14.1. The van der Waals surface area contributed by atoms with Gasteiger partial charge in [-0.15, -0.1) is 24.8 Å². The molecule has 1 fully saturated rings. The lowest BCUT2D eigenvalue weighted by Crippen LogP contribution is -2.51.